The van der Waals surface area contributed by atoms with Crippen LogP contribution in [0, 0.1) is 0 Å². The molecule has 0 N–H and O–H groups in total. The normalized spacial score (nSPS) is 13.3. The third kappa shape index (κ3) is 26.1. The first-order valence-electron chi connectivity index (χ1n) is 12.5. The van der Waals surface area contributed by atoms with Crippen LogP contribution in [0.4, 0.5) is 0 Å². The van der Waals surface area contributed by atoms with Crippen LogP contribution >= 0.6 is 31.9 Å². The average molecular weight is 532 g/mol. The number of halogens is 2. The standard InChI is InChI=1S/C27H48Br2/c1-2-3-4-5-6-7-12-15-18-21-24-27(29)25-22-19-16-13-10-8-9-11-14-17-20-23-26-28/h11,14,20-21,23-24,27H,2-10,12-13,15-19,22,25-26H2,1H3/b14-11?,23-20?,24-21-. The summed E-state index contributed by atoms with van der Waals surface area (Å²) < 4.78 is 0. The molecule has 1 atom stereocenters. The van der Waals surface area contributed by atoms with Crippen LogP contribution in [-0.2, 0) is 0 Å². The van der Waals surface area contributed by atoms with Gasteiger partial charge in [-0.05, 0) is 38.5 Å². The zero-order valence-electron chi connectivity index (χ0n) is 19.2. The molecule has 0 aromatic carbocycles. The van der Waals surface area contributed by atoms with Crippen molar-refractivity contribution in [2.24, 2.45) is 0 Å². The van der Waals surface area contributed by atoms with E-state index < -0.39 is 0 Å². The Kier molecular flexibility index (Phi) is 26.4. The fourth-order valence-corrected chi connectivity index (χ4v) is 4.30. The smallest absolute Gasteiger partial charge is 0.0325 e. The molecule has 0 nitrogen and oxygen atoms in total. The molecule has 0 saturated heterocycles. The van der Waals surface area contributed by atoms with Crippen LogP contribution in [0.5, 0.6) is 0 Å². The second-order valence-corrected chi connectivity index (χ2v) is 10.1. The molecule has 0 radical (unpaired) electrons. The van der Waals surface area contributed by atoms with E-state index in [9.17, 15) is 0 Å². The Balaban J connectivity index is 3.29. The maximum Gasteiger partial charge on any atom is 0.0325 e. The van der Waals surface area contributed by atoms with Gasteiger partial charge in [0.2, 0.25) is 0 Å². The number of unbranched alkanes of at least 4 members (excludes halogenated alkanes) is 14. The van der Waals surface area contributed by atoms with Gasteiger partial charge in [0.15, 0.2) is 0 Å². The van der Waals surface area contributed by atoms with Crippen LogP contribution in [0.3, 0.4) is 0 Å². The van der Waals surface area contributed by atoms with E-state index in [1.807, 2.05) is 0 Å². The van der Waals surface area contributed by atoms with E-state index in [0.29, 0.717) is 4.83 Å². The predicted molar refractivity (Wildman–Crippen MR) is 143 cm³/mol. The average Bonchev–Trinajstić information content (AvgIpc) is 2.72. The first-order valence-corrected chi connectivity index (χ1v) is 14.5. The summed E-state index contributed by atoms with van der Waals surface area (Å²) in [5.41, 5.74) is 0. The lowest BCUT2D eigenvalue weighted by Gasteiger charge is -2.05. The molecular formula is C27H48Br2. The van der Waals surface area contributed by atoms with E-state index in [-0.39, 0.29) is 0 Å². The van der Waals surface area contributed by atoms with Crippen LogP contribution < -0.4 is 0 Å². The molecule has 170 valence electrons. The summed E-state index contributed by atoms with van der Waals surface area (Å²) >= 11 is 7.23. The molecule has 0 rings (SSSR count). The Bertz CT molecular complexity index is 384. The van der Waals surface area contributed by atoms with E-state index in [1.165, 1.54) is 109 Å². The Hall–Kier alpha value is 0.180. The van der Waals surface area contributed by atoms with Crippen molar-refractivity contribution < 1.29 is 0 Å². The second-order valence-electron chi connectivity index (χ2n) is 8.24. The molecule has 0 spiro atoms. The van der Waals surface area contributed by atoms with Gasteiger partial charge >= 0.3 is 0 Å². The number of hydrogen-bond acceptors (Lipinski definition) is 0. The number of alkyl halides is 2. The third-order valence-corrected chi connectivity index (χ3v) is 6.50. The highest BCUT2D eigenvalue weighted by molar-refractivity contribution is 9.09. The molecule has 0 aliphatic rings. The van der Waals surface area contributed by atoms with E-state index in [4.69, 9.17) is 0 Å². The molecule has 0 aromatic rings. The lowest BCUT2D eigenvalue weighted by Crippen LogP contribution is -1.92. The highest BCUT2D eigenvalue weighted by Gasteiger charge is 1.99. The highest BCUT2D eigenvalue weighted by atomic mass is 79.9. The molecule has 0 fully saturated rings. The van der Waals surface area contributed by atoms with Crippen LogP contribution in [0.25, 0.3) is 0 Å². The Labute approximate surface area is 200 Å². The van der Waals surface area contributed by atoms with Gasteiger partial charge in [-0.15, -0.1) is 0 Å². The zero-order chi connectivity index (χ0) is 21.3. The maximum absolute atomic E-state index is 3.83. The van der Waals surface area contributed by atoms with Crippen molar-refractivity contribution in [3.63, 3.8) is 0 Å². The van der Waals surface area contributed by atoms with Gasteiger partial charge in [0.25, 0.3) is 0 Å². The van der Waals surface area contributed by atoms with Crippen LogP contribution in [0.2, 0.25) is 0 Å². The first-order chi connectivity index (χ1) is 14.3. The molecule has 0 aliphatic carbocycles. The van der Waals surface area contributed by atoms with Crippen molar-refractivity contribution >= 4 is 31.9 Å². The largest absolute Gasteiger partial charge is 0.0883 e. The molecular weight excluding hydrogens is 484 g/mol. The Morgan fingerprint density at radius 2 is 1.10 bits per heavy atom. The number of allylic oxidation sites excluding steroid dienone is 6. The lowest BCUT2D eigenvalue weighted by atomic mass is 10.1. The third-order valence-electron chi connectivity index (χ3n) is 5.36. The van der Waals surface area contributed by atoms with E-state index in [0.717, 1.165) is 11.8 Å². The summed E-state index contributed by atoms with van der Waals surface area (Å²) in [6.07, 6.45) is 38.3. The van der Waals surface area contributed by atoms with Crippen molar-refractivity contribution in [1.29, 1.82) is 0 Å². The molecule has 2 heteroatoms. The van der Waals surface area contributed by atoms with Crippen molar-refractivity contribution in [2.75, 3.05) is 5.33 Å². The second kappa shape index (κ2) is 26.2. The molecule has 0 saturated carbocycles. The minimum Gasteiger partial charge on any atom is -0.0883 e. The topological polar surface area (TPSA) is 0 Å². The van der Waals surface area contributed by atoms with Gasteiger partial charge in [-0.2, -0.15) is 0 Å². The van der Waals surface area contributed by atoms with Crippen molar-refractivity contribution in [2.45, 2.75) is 127 Å². The van der Waals surface area contributed by atoms with Gasteiger partial charge in [-0.25, -0.2) is 0 Å². The summed E-state index contributed by atoms with van der Waals surface area (Å²) in [5, 5.41) is 0.965. The van der Waals surface area contributed by atoms with E-state index in [2.05, 4.69) is 75.2 Å². The highest BCUT2D eigenvalue weighted by Crippen LogP contribution is 2.16. The van der Waals surface area contributed by atoms with Gasteiger partial charge in [0.1, 0.15) is 0 Å². The molecule has 0 heterocycles. The van der Waals surface area contributed by atoms with Gasteiger partial charge in [-0.3, -0.25) is 0 Å². The summed E-state index contributed by atoms with van der Waals surface area (Å²) in [6, 6.07) is 0. The summed E-state index contributed by atoms with van der Waals surface area (Å²) in [7, 11) is 0. The van der Waals surface area contributed by atoms with E-state index in [1.54, 1.807) is 0 Å². The maximum atomic E-state index is 3.83. The van der Waals surface area contributed by atoms with Crippen molar-refractivity contribution in [1.82, 2.24) is 0 Å². The molecule has 29 heavy (non-hydrogen) atoms. The fraction of sp³-hybridized carbons (Fsp3) is 0.778. The Morgan fingerprint density at radius 3 is 1.72 bits per heavy atom. The fourth-order valence-electron chi connectivity index (χ4n) is 3.50. The van der Waals surface area contributed by atoms with Crippen LogP contribution in [-0.4, -0.2) is 10.2 Å². The van der Waals surface area contributed by atoms with Crippen LogP contribution in [0.1, 0.15) is 122 Å². The quantitative estimate of drug-likeness (QED) is 0.0739. The van der Waals surface area contributed by atoms with Gasteiger partial charge < -0.3 is 0 Å². The molecule has 0 bridgehead atoms. The summed E-state index contributed by atoms with van der Waals surface area (Å²) in [5.74, 6) is 0. The minimum absolute atomic E-state index is 0.584. The minimum atomic E-state index is 0.584. The Morgan fingerprint density at radius 1 is 0.586 bits per heavy atom. The van der Waals surface area contributed by atoms with Crippen molar-refractivity contribution in [3.8, 4) is 0 Å². The lowest BCUT2D eigenvalue weighted by molar-refractivity contribution is 0.577. The molecule has 1 unspecified atom stereocenters. The number of rotatable bonds is 22. The van der Waals surface area contributed by atoms with E-state index >= 15 is 0 Å². The predicted octanol–water partition coefficient (Wildman–Crippen LogP) is 10.9. The summed E-state index contributed by atoms with van der Waals surface area (Å²) in [6.45, 7) is 2.29. The monoisotopic (exact) mass is 530 g/mol. The SMILES string of the molecule is CCCCCCCCCC/C=C\C(Br)CCCCCCCCC=CCC=CCBr. The number of hydrogen-bond donors (Lipinski definition) is 0. The zero-order valence-corrected chi connectivity index (χ0v) is 22.4. The van der Waals surface area contributed by atoms with Gasteiger partial charge in [0, 0.05) is 10.2 Å². The molecule has 0 amide bonds. The van der Waals surface area contributed by atoms with Crippen LogP contribution in [0.15, 0.2) is 36.5 Å². The molecule has 0 aromatic heterocycles. The first kappa shape index (κ1) is 29.2. The molecule has 0 aliphatic heterocycles. The van der Waals surface area contributed by atoms with Crippen molar-refractivity contribution in [3.05, 3.63) is 36.5 Å². The summed E-state index contributed by atoms with van der Waals surface area (Å²) in [4.78, 5) is 0.584. The van der Waals surface area contributed by atoms with Gasteiger partial charge in [0.05, 0.1) is 0 Å². The van der Waals surface area contributed by atoms with Gasteiger partial charge in [-0.1, -0.05) is 152 Å².